The number of carboxylic acids is 1. The summed E-state index contributed by atoms with van der Waals surface area (Å²) in [6.45, 7) is 0. The van der Waals surface area contributed by atoms with Crippen LogP contribution in [0.1, 0.15) is 5.56 Å². The van der Waals surface area contributed by atoms with Gasteiger partial charge in [0.2, 0.25) is 0 Å². The zero-order valence-corrected chi connectivity index (χ0v) is 12.0. The summed E-state index contributed by atoms with van der Waals surface area (Å²) in [5, 5.41) is 9.00. The Kier molecular flexibility index (Phi) is 4.83. The van der Waals surface area contributed by atoms with Gasteiger partial charge in [-0.3, -0.25) is 0 Å². The second kappa shape index (κ2) is 6.61. The lowest BCUT2D eigenvalue weighted by Gasteiger charge is -2.10. The van der Waals surface area contributed by atoms with E-state index in [1.54, 1.807) is 12.1 Å². The molecule has 21 heavy (non-hydrogen) atoms. The summed E-state index contributed by atoms with van der Waals surface area (Å²) in [6, 6.07) is 8.95. The molecule has 0 aliphatic rings. The zero-order chi connectivity index (χ0) is 15.4. The number of hydrogen-bond acceptors (Lipinski definition) is 2. The fourth-order valence-corrected chi connectivity index (χ4v) is 1.93. The van der Waals surface area contributed by atoms with Crippen molar-refractivity contribution in [2.45, 2.75) is 0 Å². The van der Waals surface area contributed by atoms with Gasteiger partial charge in [-0.2, -0.15) is 0 Å². The van der Waals surface area contributed by atoms with Crippen LogP contribution in [-0.4, -0.2) is 11.1 Å². The first kappa shape index (κ1) is 15.4. The van der Waals surface area contributed by atoms with Crippen LogP contribution < -0.4 is 4.74 Å². The monoisotopic (exact) mass is 326 g/mol. The number of benzene rings is 2. The third-order valence-corrected chi connectivity index (χ3v) is 3.04. The predicted octanol–water partition coefficient (Wildman–Crippen LogP) is 5.02. The first-order chi connectivity index (χ1) is 9.97. The Morgan fingerprint density at radius 3 is 2.67 bits per heavy atom. The van der Waals surface area contributed by atoms with Crippen molar-refractivity contribution in [3.05, 3.63) is 63.9 Å². The average molecular weight is 327 g/mol. The Hall–Kier alpha value is -2.04. The molecule has 2 aromatic carbocycles. The fourth-order valence-electron chi connectivity index (χ4n) is 1.58. The minimum atomic E-state index is -1.12. The molecule has 108 valence electrons. The Morgan fingerprint density at radius 1 is 1.19 bits per heavy atom. The summed E-state index contributed by atoms with van der Waals surface area (Å²) in [5.41, 5.74) is 0.407. The second-order valence-electron chi connectivity index (χ2n) is 4.01. The summed E-state index contributed by atoms with van der Waals surface area (Å²) in [5.74, 6) is -1.61. The van der Waals surface area contributed by atoms with E-state index in [2.05, 4.69) is 0 Å². The summed E-state index contributed by atoms with van der Waals surface area (Å²) >= 11 is 11.5. The van der Waals surface area contributed by atoms with Gasteiger partial charge in [0.25, 0.3) is 0 Å². The molecule has 1 N–H and O–H groups in total. The van der Waals surface area contributed by atoms with Gasteiger partial charge in [-0.05, 0) is 36.4 Å². The number of hydrogen-bond donors (Lipinski definition) is 1. The normalized spacial score (nSPS) is 10.8. The number of aliphatic carboxylic acids is 1. The van der Waals surface area contributed by atoms with Crippen LogP contribution in [0.3, 0.4) is 0 Å². The second-order valence-corrected chi connectivity index (χ2v) is 4.85. The molecule has 0 aliphatic heterocycles. The minimum Gasteiger partial charge on any atom is -0.478 e. The van der Waals surface area contributed by atoms with E-state index in [0.717, 1.165) is 6.08 Å². The van der Waals surface area contributed by atoms with Crippen molar-refractivity contribution >= 4 is 35.2 Å². The molecule has 0 aliphatic carbocycles. The molecular formula is C15H9Cl2FO3. The lowest BCUT2D eigenvalue weighted by Crippen LogP contribution is -1.92. The third kappa shape index (κ3) is 3.97. The topological polar surface area (TPSA) is 46.5 Å². The van der Waals surface area contributed by atoms with Crippen molar-refractivity contribution in [2.24, 2.45) is 0 Å². The highest BCUT2D eigenvalue weighted by Crippen LogP contribution is 2.32. The maximum Gasteiger partial charge on any atom is 0.328 e. The first-order valence-corrected chi connectivity index (χ1v) is 6.55. The van der Waals surface area contributed by atoms with Crippen LogP contribution in [0.4, 0.5) is 4.39 Å². The highest BCUT2D eigenvalue weighted by atomic mass is 35.5. The molecule has 0 fully saturated rings. The molecule has 0 atom stereocenters. The minimum absolute atomic E-state index is 0.0604. The summed E-state index contributed by atoms with van der Waals surface area (Å²) in [6.07, 6.45) is 2.25. The van der Waals surface area contributed by atoms with Gasteiger partial charge >= 0.3 is 5.97 Å². The number of rotatable bonds is 4. The lowest BCUT2D eigenvalue weighted by atomic mass is 10.2. The molecule has 0 aromatic heterocycles. The molecule has 0 unspecified atom stereocenters. The maximum atomic E-state index is 13.8. The van der Waals surface area contributed by atoms with Crippen molar-refractivity contribution in [2.75, 3.05) is 0 Å². The van der Waals surface area contributed by atoms with Crippen LogP contribution in [0.2, 0.25) is 10.0 Å². The van der Waals surface area contributed by atoms with Gasteiger partial charge in [-0.1, -0.05) is 29.3 Å². The van der Waals surface area contributed by atoms with E-state index in [4.69, 9.17) is 33.0 Å². The van der Waals surface area contributed by atoms with Gasteiger partial charge in [0, 0.05) is 16.7 Å². The smallest absolute Gasteiger partial charge is 0.328 e. The number of carboxylic acid groups (broad SMARTS) is 1. The standard InChI is InChI=1S/C15H9Cl2FO3/c16-10-5-6-12(9(8-10)4-7-14(19)20)21-13-3-1-2-11(17)15(13)18/h1-8H,(H,19,20)/b7-4+. The highest BCUT2D eigenvalue weighted by molar-refractivity contribution is 6.31. The van der Waals surface area contributed by atoms with Crippen molar-refractivity contribution < 1.29 is 19.0 Å². The molecule has 0 saturated carbocycles. The van der Waals surface area contributed by atoms with E-state index >= 15 is 0 Å². The molecule has 2 rings (SSSR count). The largest absolute Gasteiger partial charge is 0.478 e. The average Bonchev–Trinajstić information content (AvgIpc) is 2.43. The molecule has 3 nitrogen and oxygen atoms in total. The third-order valence-electron chi connectivity index (χ3n) is 2.51. The number of ether oxygens (including phenoxy) is 1. The van der Waals surface area contributed by atoms with Gasteiger partial charge in [0.05, 0.1) is 5.02 Å². The van der Waals surface area contributed by atoms with Gasteiger partial charge < -0.3 is 9.84 Å². The predicted molar refractivity (Wildman–Crippen MR) is 79.6 cm³/mol. The van der Waals surface area contributed by atoms with Crippen LogP contribution in [-0.2, 0) is 4.79 Å². The zero-order valence-electron chi connectivity index (χ0n) is 10.5. The van der Waals surface area contributed by atoms with Crippen molar-refractivity contribution in [1.82, 2.24) is 0 Å². The van der Waals surface area contributed by atoms with Crippen molar-refractivity contribution in [3.8, 4) is 11.5 Å². The molecule has 0 bridgehead atoms. The fraction of sp³-hybridized carbons (Fsp3) is 0. The van der Waals surface area contributed by atoms with Gasteiger partial charge in [-0.25, -0.2) is 9.18 Å². The van der Waals surface area contributed by atoms with Gasteiger partial charge in [-0.15, -0.1) is 0 Å². The molecule has 0 radical (unpaired) electrons. The van der Waals surface area contributed by atoms with Crippen LogP contribution >= 0.6 is 23.2 Å². The van der Waals surface area contributed by atoms with E-state index in [1.165, 1.54) is 30.3 Å². The quantitative estimate of drug-likeness (QED) is 0.802. The molecule has 6 heteroatoms. The van der Waals surface area contributed by atoms with Gasteiger partial charge in [0.15, 0.2) is 11.6 Å². The summed E-state index contributed by atoms with van der Waals surface area (Å²) < 4.78 is 19.3. The van der Waals surface area contributed by atoms with Crippen molar-refractivity contribution in [3.63, 3.8) is 0 Å². The number of carbonyl (C=O) groups is 1. The van der Waals surface area contributed by atoms with E-state index < -0.39 is 11.8 Å². The van der Waals surface area contributed by atoms with E-state index in [-0.39, 0.29) is 16.5 Å². The van der Waals surface area contributed by atoms with Crippen LogP contribution in [0.25, 0.3) is 6.08 Å². The maximum absolute atomic E-state index is 13.8. The van der Waals surface area contributed by atoms with E-state index in [0.29, 0.717) is 10.6 Å². The number of halogens is 3. The first-order valence-electron chi connectivity index (χ1n) is 5.80. The van der Waals surface area contributed by atoms with E-state index in [9.17, 15) is 9.18 Å². The Bertz CT molecular complexity index is 714. The SMILES string of the molecule is O=C(O)/C=C/c1cc(Cl)ccc1Oc1cccc(Cl)c1F. The Morgan fingerprint density at radius 2 is 1.95 bits per heavy atom. The molecule has 0 spiro atoms. The molecule has 0 amide bonds. The van der Waals surface area contributed by atoms with Crippen LogP contribution in [0, 0.1) is 5.82 Å². The molecular weight excluding hydrogens is 318 g/mol. The summed E-state index contributed by atoms with van der Waals surface area (Å²) in [4.78, 5) is 10.6. The Balaban J connectivity index is 2.39. The molecule has 2 aromatic rings. The van der Waals surface area contributed by atoms with Crippen molar-refractivity contribution in [1.29, 1.82) is 0 Å². The highest BCUT2D eigenvalue weighted by Gasteiger charge is 2.10. The summed E-state index contributed by atoms with van der Waals surface area (Å²) in [7, 11) is 0. The lowest BCUT2D eigenvalue weighted by molar-refractivity contribution is -0.131. The van der Waals surface area contributed by atoms with Crippen LogP contribution in [0.15, 0.2) is 42.5 Å². The molecule has 0 saturated heterocycles. The molecule has 0 heterocycles. The van der Waals surface area contributed by atoms with Gasteiger partial charge in [0.1, 0.15) is 5.75 Å². The van der Waals surface area contributed by atoms with Crippen LogP contribution in [0.5, 0.6) is 11.5 Å². The van der Waals surface area contributed by atoms with E-state index in [1.807, 2.05) is 0 Å². The Labute approximate surface area is 130 Å².